The quantitative estimate of drug-likeness (QED) is 0.790. The van der Waals surface area contributed by atoms with Gasteiger partial charge >= 0.3 is 0 Å². The minimum Gasteiger partial charge on any atom is -0.378 e. The van der Waals surface area contributed by atoms with Gasteiger partial charge in [-0.15, -0.1) is 0 Å². The average Bonchev–Trinajstić information content (AvgIpc) is 2.83. The molecule has 5 heteroatoms. The number of nitrogens with one attached hydrogen (secondary N) is 2. The molecule has 1 amide bonds. The third-order valence-electron chi connectivity index (χ3n) is 2.72. The molecular weight excluding hydrogens is 204 g/mol. The van der Waals surface area contributed by atoms with Crippen molar-refractivity contribution in [2.75, 3.05) is 13.1 Å². The van der Waals surface area contributed by atoms with Gasteiger partial charge in [-0.3, -0.25) is 4.79 Å². The number of aromatic nitrogens is 2. The zero-order chi connectivity index (χ0) is 11.4. The molecule has 1 aromatic heterocycles. The zero-order valence-corrected chi connectivity index (χ0v) is 9.31. The van der Waals surface area contributed by atoms with E-state index in [4.69, 9.17) is 0 Å². The first-order chi connectivity index (χ1) is 7.79. The van der Waals surface area contributed by atoms with Crippen LogP contribution in [0, 0.1) is 0 Å². The maximum atomic E-state index is 11.7. The lowest BCUT2D eigenvalue weighted by molar-refractivity contribution is 0.0935. The fourth-order valence-electron chi connectivity index (χ4n) is 1.71. The lowest BCUT2D eigenvalue weighted by atomic mass is 10.1. The standard InChI is InChI=1S/C11H16N4O/c1-2-15-5-3-9(4-6-15)14-11(16)10-7-12-8-13-10/h3,5,7-9H,2,4,6H2,1H3,(H,12,13)(H,14,16). The van der Waals surface area contributed by atoms with Crippen LogP contribution in [0.3, 0.4) is 0 Å². The molecule has 0 saturated heterocycles. The topological polar surface area (TPSA) is 61.0 Å². The molecule has 16 heavy (non-hydrogen) atoms. The maximum absolute atomic E-state index is 11.7. The molecule has 1 unspecified atom stereocenters. The van der Waals surface area contributed by atoms with Crippen LogP contribution < -0.4 is 5.32 Å². The summed E-state index contributed by atoms with van der Waals surface area (Å²) >= 11 is 0. The summed E-state index contributed by atoms with van der Waals surface area (Å²) in [6.45, 7) is 4.12. The van der Waals surface area contributed by atoms with E-state index in [1.807, 2.05) is 12.3 Å². The number of hydrogen-bond donors (Lipinski definition) is 2. The van der Waals surface area contributed by atoms with Crippen molar-refractivity contribution in [3.05, 3.63) is 30.5 Å². The highest BCUT2D eigenvalue weighted by Gasteiger charge is 2.15. The van der Waals surface area contributed by atoms with Crippen molar-refractivity contribution in [2.24, 2.45) is 0 Å². The van der Waals surface area contributed by atoms with E-state index in [9.17, 15) is 4.79 Å². The molecule has 1 aliphatic heterocycles. The van der Waals surface area contributed by atoms with E-state index in [0.29, 0.717) is 5.69 Å². The predicted octanol–water partition coefficient (Wildman–Crippen LogP) is 0.747. The first-order valence-electron chi connectivity index (χ1n) is 5.51. The zero-order valence-electron chi connectivity index (χ0n) is 9.31. The molecule has 0 fully saturated rings. The first-order valence-corrected chi connectivity index (χ1v) is 5.51. The van der Waals surface area contributed by atoms with Crippen LogP contribution in [0.4, 0.5) is 0 Å². The Morgan fingerprint density at radius 1 is 1.75 bits per heavy atom. The molecule has 2 heterocycles. The molecule has 2 N–H and O–H groups in total. The van der Waals surface area contributed by atoms with Gasteiger partial charge in [0.2, 0.25) is 0 Å². The Hall–Kier alpha value is -1.78. The minimum absolute atomic E-state index is 0.0999. The molecule has 0 saturated carbocycles. The minimum atomic E-state index is -0.0999. The summed E-state index contributed by atoms with van der Waals surface area (Å²) < 4.78 is 0. The van der Waals surface area contributed by atoms with Crippen molar-refractivity contribution >= 4 is 5.91 Å². The highest BCUT2D eigenvalue weighted by molar-refractivity contribution is 5.92. The molecule has 1 aromatic rings. The van der Waals surface area contributed by atoms with Gasteiger partial charge in [0.1, 0.15) is 5.69 Å². The van der Waals surface area contributed by atoms with E-state index in [1.165, 1.54) is 12.5 Å². The van der Waals surface area contributed by atoms with E-state index in [2.05, 4.69) is 27.1 Å². The van der Waals surface area contributed by atoms with Crippen LogP contribution >= 0.6 is 0 Å². The van der Waals surface area contributed by atoms with Gasteiger partial charge in [-0.25, -0.2) is 4.98 Å². The van der Waals surface area contributed by atoms with Crippen molar-refractivity contribution in [1.82, 2.24) is 20.2 Å². The number of carbonyl (C=O) groups is 1. The van der Waals surface area contributed by atoms with Crippen molar-refractivity contribution < 1.29 is 4.79 Å². The summed E-state index contributed by atoms with van der Waals surface area (Å²) in [5.41, 5.74) is 0.506. The molecule has 1 atom stereocenters. The molecule has 86 valence electrons. The summed E-state index contributed by atoms with van der Waals surface area (Å²) in [5.74, 6) is -0.0999. The van der Waals surface area contributed by atoms with Gasteiger partial charge in [-0.1, -0.05) is 0 Å². The Balaban J connectivity index is 1.89. The van der Waals surface area contributed by atoms with E-state index in [-0.39, 0.29) is 11.9 Å². The molecule has 2 rings (SSSR count). The van der Waals surface area contributed by atoms with Crippen LogP contribution in [0.25, 0.3) is 0 Å². The van der Waals surface area contributed by atoms with Crippen LogP contribution in [0.1, 0.15) is 23.8 Å². The van der Waals surface area contributed by atoms with Crippen LogP contribution in [-0.4, -0.2) is 39.9 Å². The van der Waals surface area contributed by atoms with Gasteiger partial charge in [0.05, 0.1) is 18.6 Å². The lowest BCUT2D eigenvalue weighted by Gasteiger charge is -2.26. The normalized spacial score (nSPS) is 19.8. The van der Waals surface area contributed by atoms with Crippen molar-refractivity contribution in [3.63, 3.8) is 0 Å². The Bertz CT molecular complexity index is 371. The summed E-state index contributed by atoms with van der Waals surface area (Å²) in [4.78, 5) is 20.5. The number of carbonyl (C=O) groups excluding carboxylic acids is 1. The summed E-state index contributed by atoms with van der Waals surface area (Å²) in [6.07, 6.45) is 8.05. The van der Waals surface area contributed by atoms with Crippen LogP contribution in [0.15, 0.2) is 24.8 Å². The summed E-state index contributed by atoms with van der Waals surface area (Å²) in [5, 5.41) is 2.94. The second-order valence-corrected chi connectivity index (χ2v) is 3.80. The first kappa shape index (κ1) is 10.7. The number of rotatable bonds is 3. The number of nitrogens with zero attached hydrogens (tertiary/aromatic N) is 2. The van der Waals surface area contributed by atoms with E-state index in [0.717, 1.165) is 19.5 Å². The smallest absolute Gasteiger partial charge is 0.269 e. The van der Waals surface area contributed by atoms with Gasteiger partial charge in [-0.2, -0.15) is 0 Å². The summed E-state index contributed by atoms with van der Waals surface area (Å²) in [6, 6.07) is 0.124. The third kappa shape index (κ3) is 2.42. The molecule has 0 bridgehead atoms. The molecular formula is C11H16N4O. The van der Waals surface area contributed by atoms with E-state index in [1.54, 1.807) is 0 Å². The van der Waals surface area contributed by atoms with Gasteiger partial charge in [-0.05, 0) is 25.6 Å². The van der Waals surface area contributed by atoms with Gasteiger partial charge in [0.15, 0.2) is 0 Å². The Morgan fingerprint density at radius 3 is 3.19 bits per heavy atom. The molecule has 1 aliphatic rings. The van der Waals surface area contributed by atoms with Crippen molar-refractivity contribution in [2.45, 2.75) is 19.4 Å². The van der Waals surface area contributed by atoms with Gasteiger partial charge in [0, 0.05) is 13.1 Å². The largest absolute Gasteiger partial charge is 0.378 e. The number of H-pyrrole nitrogens is 1. The Morgan fingerprint density at radius 2 is 2.62 bits per heavy atom. The maximum Gasteiger partial charge on any atom is 0.269 e. The summed E-state index contributed by atoms with van der Waals surface area (Å²) in [7, 11) is 0. The number of hydrogen-bond acceptors (Lipinski definition) is 3. The molecule has 0 aliphatic carbocycles. The number of aromatic amines is 1. The third-order valence-corrected chi connectivity index (χ3v) is 2.72. The SMILES string of the molecule is CCN1C=CC(NC(=O)c2cnc[nH]2)CC1. The average molecular weight is 220 g/mol. The highest BCUT2D eigenvalue weighted by atomic mass is 16.1. The van der Waals surface area contributed by atoms with Crippen molar-refractivity contribution in [1.29, 1.82) is 0 Å². The van der Waals surface area contributed by atoms with Crippen LogP contribution in [-0.2, 0) is 0 Å². The predicted molar refractivity (Wildman–Crippen MR) is 60.8 cm³/mol. The molecule has 5 nitrogen and oxygen atoms in total. The Kier molecular flexibility index (Phi) is 3.24. The lowest BCUT2D eigenvalue weighted by Crippen LogP contribution is -2.39. The van der Waals surface area contributed by atoms with Gasteiger partial charge < -0.3 is 15.2 Å². The fraction of sp³-hybridized carbons (Fsp3) is 0.455. The molecule has 0 radical (unpaired) electrons. The number of amides is 1. The second kappa shape index (κ2) is 4.83. The fourth-order valence-corrected chi connectivity index (χ4v) is 1.71. The molecule has 0 spiro atoms. The van der Waals surface area contributed by atoms with Crippen LogP contribution in [0.2, 0.25) is 0 Å². The Labute approximate surface area is 94.6 Å². The van der Waals surface area contributed by atoms with E-state index < -0.39 is 0 Å². The highest BCUT2D eigenvalue weighted by Crippen LogP contribution is 2.07. The van der Waals surface area contributed by atoms with Crippen LogP contribution in [0.5, 0.6) is 0 Å². The van der Waals surface area contributed by atoms with Crippen molar-refractivity contribution in [3.8, 4) is 0 Å². The second-order valence-electron chi connectivity index (χ2n) is 3.80. The van der Waals surface area contributed by atoms with Gasteiger partial charge in [0.25, 0.3) is 5.91 Å². The van der Waals surface area contributed by atoms with E-state index >= 15 is 0 Å². The molecule has 0 aromatic carbocycles. The monoisotopic (exact) mass is 220 g/mol. The number of imidazole rings is 1.